The Morgan fingerprint density at radius 1 is 0.976 bits per heavy atom. The molecule has 3 amide bonds. The summed E-state index contributed by atoms with van der Waals surface area (Å²) >= 11 is 0. The molecule has 1 saturated heterocycles. The highest BCUT2D eigenvalue weighted by molar-refractivity contribution is 5.96. The van der Waals surface area contributed by atoms with Crippen LogP contribution in [0.4, 0.5) is 4.79 Å². The molecule has 1 aromatic heterocycles. The molecule has 3 rings (SSSR count). The van der Waals surface area contributed by atoms with Crippen molar-refractivity contribution in [1.29, 1.82) is 0 Å². The number of nitrogens with zero attached hydrogens (tertiary/aromatic N) is 4. The third-order valence-corrected chi connectivity index (χ3v) is 6.20. The maximum Gasteiger partial charge on any atom is 0.409 e. The highest BCUT2D eigenvalue weighted by Gasteiger charge is 2.32. The average molecular weight is 584 g/mol. The Balaban J connectivity index is 1.81. The van der Waals surface area contributed by atoms with Crippen molar-refractivity contribution in [3.8, 4) is 17.3 Å². The second kappa shape index (κ2) is 15.1. The zero-order valence-corrected chi connectivity index (χ0v) is 25.1. The van der Waals surface area contributed by atoms with E-state index < -0.39 is 29.6 Å². The summed E-state index contributed by atoms with van der Waals surface area (Å²) in [6.45, 7) is 10.7. The standard InChI is InChI=1S/C30H41N5O7/c1-6-19-41-24-20-23(31-26(33-24)21-11-9-8-10-12-21)27(37)32-22(13-14-25(36)42-30(3,4)5)28(38)34-15-17-35(18-16-34)29(39)40-7-2/h8-12,20,22H,6-7,13-19H2,1-5H3,(H,32,37)/t22-/m0/s1. The van der Waals surface area contributed by atoms with Crippen LogP contribution >= 0.6 is 0 Å². The van der Waals surface area contributed by atoms with Crippen molar-refractivity contribution in [2.45, 2.75) is 65.5 Å². The number of benzene rings is 1. The predicted molar refractivity (Wildman–Crippen MR) is 155 cm³/mol. The number of carbonyl (C=O) groups is 4. The number of hydrogen-bond donors (Lipinski definition) is 1. The van der Waals surface area contributed by atoms with Crippen molar-refractivity contribution in [2.24, 2.45) is 0 Å². The van der Waals surface area contributed by atoms with E-state index in [0.717, 1.165) is 6.42 Å². The molecule has 1 N–H and O–H groups in total. The van der Waals surface area contributed by atoms with E-state index in [2.05, 4.69) is 15.3 Å². The van der Waals surface area contributed by atoms with E-state index in [9.17, 15) is 19.2 Å². The lowest BCUT2D eigenvalue weighted by Crippen LogP contribution is -2.56. The summed E-state index contributed by atoms with van der Waals surface area (Å²) < 4.78 is 16.2. The maximum atomic E-state index is 13.6. The molecule has 228 valence electrons. The summed E-state index contributed by atoms with van der Waals surface area (Å²) in [6.07, 6.45) is 0.253. The van der Waals surface area contributed by atoms with Crippen molar-refractivity contribution >= 4 is 23.9 Å². The number of rotatable bonds is 11. The van der Waals surface area contributed by atoms with Gasteiger partial charge in [0.25, 0.3) is 5.91 Å². The molecule has 0 bridgehead atoms. The summed E-state index contributed by atoms with van der Waals surface area (Å²) in [5.41, 5.74) is 0.0372. The molecule has 1 atom stereocenters. The van der Waals surface area contributed by atoms with E-state index in [4.69, 9.17) is 14.2 Å². The number of carbonyl (C=O) groups excluding carboxylic acids is 4. The van der Waals surface area contributed by atoms with Crippen molar-refractivity contribution in [3.05, 3.63) is 42.1 Å². The number of ether oxygens (including phenoxy) is 3. The largest absolute Gasteiger partial charge is 0.478 e. The van der Waals surface area contributed by atoms with Crippen molar-refractivity contribution < 1.29 is 33.4 Å². The first-order chi connectivity index (χ1) is 20.0. The number of hydrogen-bond acceptors (Lipinski definition) is 9. The van der Waals surface area contributed by atoms with Crippen LogP contribution in [0.5, 0.6) is 5.88 Å². The van der Waals surface area contributed by atoms with E-state index in [1.807, 2.05) is 37.3 Å². The smallest absolute Gasteiger partial charge is 0.409 e. The fourth-order valence-corrected chi connectivity index (χ4v) is 4.23. The van der Waals surface area contributed by atoms with E-state index >= 15 is 0 Å². The number of nitrogens with one attached hydrogen (secondary N) is 1. The second-order valence-corrected chi connectivity index (χ2v) is 10.8. The summed E-state index contributed by atoms with van der Waals surface area (Å²) in [6, 6.07) is 9.59. The van der Waals surface area contributed by atoms with Crippen LogP contribution in [-0.2, 0) is 19.1 Å². The fourth-order valence-electron chi connectivity index (χ4n) is 4.23. The minimum absolute atomic E-state index is 0.0212. The van der Waals surface area contributed by atoms with Crippen LogP contribution in [0.3, 0.4) is 0 Å². The molecule has 2 aromatic rings. The zero-order chi connectivity index (χ0) is 30.7. The molecule has 42 heavy (non-hydrogen) atoms. The van der Waals surface area contributed by atoms with Crippen LogP contribution in [0, 0.1) is 0 Å². The lowest BCUT2D eigenvalue weighted by Gasteiger charge is -2.36. The number of amides is 3. The molecule has 2 heterocycles. The Kier molecular flexibility index (Phi) is 11.6. The Bertz CT molecular complexity index is 1220. The first-order valence-electron chi connectivity index (χ1n) is 14.3. The number of esters is 1. The van der Waals surface area contributed by atoms with Gasteiger partial charge >= 0.3 is 12.1 Å². The van der Waals surface area contributed by atoms with Gasteiger partial charge < -0.3 is 29.3 Å². The van der Waals surface area contributed by atoms with Gasteiger partial charge in [-0.3, -0.25) is 14.4 Å². The summed E-state index contributed by atoms with van der Waals surface area (Å²) in [5.74, 6) is -0.909. The van der Waals surface area contributed by atoms with Gasteiger partial charge in [0.2, 0.25) is 11.8 Å². The van der Waals surface area contributed by atoms with Gasteiger partial charge in [-0.15, -0.1) is 0 Å². The highest BCUT2D eigenvalue weighted by atomic mass is 16.6. The number of aromatic nitrogens is 2. The molecule has 12 nitrogen and oxygen atoms in total. The number of piperazine rings is 1. The molecule has 1 aliphatic heterocycles. The normalized spacial score (nSPS) is 14.1. The maximum absolute atomic E-state index is 13.6. The topological polar surface area (TPSA) is 140 Å². The SMILES string of the molecule is CCCOc1cc(C(=O)N[C@@H](CCC(=O)OC(C)(C)C)C(=O)N2CCN(C(=O)OCC)CC2)nc(-c2ccccc2)n1. The molecular weight excluding hydrogens is 542 g/mol. The van der Waals surface area contributed by atoms with Crippen molar-refractivity contribution in [1.82, 2.24) is 25.1 Å². The first-order valence-corrected chi connectivity index (χ1v) is 14.3. The van der Waals surface area contributed by atoms with Crippen LogP contribution in [0.1, 0.15) is 64.4 Å². The summed E-state index contributed by atoms with van der Waals surface area (Å²) in [4.78, 5) is 63.7. The van der Waals surface area contributed by atoms with Gasteiger partial charge in [0.1, 0.15) is 17.3 Å². The van der Waals surface area contributed by atoms with Gasteiger partial charge in [-0.25, -0.2) is 9.78 Å². The highest BCUT2D eigenvalue weighted by Crippen LogP contribution is 2.20. The van der Waals surface area contributed by atoms with Gasteiger partial charge in [0.05, 0.1) is 13.2 Å². The van der Waals surface area contributed by atoms with E-state index in [1.165, 1.54) is 11.0 Å². The summed E-state index contributed by atoms with van der Waals surface area (Å²) in [7, 11) is 0. The van der Waals surface area contributed by atoms with E-state index in [0.29, 0.717) is 31.1 Å². The van der Waals surface area contributed by atoms with Gasteiger partial charge in [0.15, 0.2) is 5.82 Å². The van der Waals surface area contributed by atoms with E-state index in [-0.39, 0.29) is 50.0 Å². The quantitative estimate of drug-likeness (QED) is 0.394. The van der Waals surface area contributed by atoms with Gasteiger partial charge in [-0.2, -0.15) is 4.98 Å². The van der Waals surface area contributed by atoms with Crippen LogP contribution in [0.15, 0.2) is 36.4 Å². The molecule has 0 unspecified atom stereocenters. The lowest BCUT2D eigenvalue weighted by molar-refractivity contribution is -0.155. The molecule has 1 aliphatic rings. The third-order valence-electron chi connectivity index (χ3n) is 6.20. The van der Waals surface area contributed by atoms with Crippen LogP contribution in [0.25, 0.3) is 11.4 Å². The molecular formula is C30H41N5O7. The minimum atomic E-state index is -1.03. The second-order valence-electron chi connectivity index (χ2n) is 10.8. The average Bonchev–Trinajstić information content (AvgIpc) is 2.97. The zero-order valence-electron chi connectivity index (χ0n) is 25.1. The predicted octanol–water partition coefficient (Wildman–Crippen LogP) is 3.45. The molecule has 0 aliphatic carbocycles. The first kappa shape index (κ1) is 32.3. The fraction of sp³-hybridized carbons (Fsp3) is 0.533. The van der Waals surface area contributed by atoms with Crippen molar-refractivity contribution in [3.63, 3.8) is 0 Å². The monoisotopic (exact) mass is 583 g/mol. The van der Waals surface area contributed by atoms with Crippen LogP contribution in [-0.4, -0.2) is 94.7 Å². The third kappa shape index (κ3) is 9.71. The Hall–Kier alpha value is -4.22. The molecule has 1 aromatic carbocycles. The minimum Gasteiger partial charge on any atom is -0.478 e. The van der Waals surface area contributed by atoms with E-state index in [1.54, 1.807) is 32.6 Å². The molecule has 0 saturated carbocycles. The Morgan fingerprint density at radius 2 is 1.64 bits per heavy atom. The van der Waals surface area contributed by atoms with Gasteiger partial charge in [-0.1, -0.05) is 37.3 Å². The molecule has 0 radical (unpaired) electrons. The molecule has 1 fully saturated rings. The Labute approximate surface area is 246 Å². The summed E-state index contributed by atoms with van der Waals surface area (Å²) in [5, 5.41) is 2.78. The molecule has 12 heteroatoms. The van der Waals surface area contributed by atoms with Crippen LogP contribution in [0.2, 0.25) is 0 Å². The lowest BCUT2D eigenvalue weighted by atomic mass is 10.1. The van der Waals surface area contributed by atoms with Gasteiger partial charge in [0, 0.05) is 44.2 Å². The molecule has 0 spiro atoms. The van der Waals surface area contributed by atoms with Gasteiger partial charge in [-0.05, 0) is 40.5 Å². The van der Waals surface area contributed by atoms with Crippen LogP contribution < -0.4 is 10.1 Å². The Morgan fingerprint density at radius 3 is 2.26 bits per heavy atom. The van der Waals surface area contributed by atoms with Crippen molar-refractivity contribution in [2.75, 3.05) is 39.4 Å².